The Morgan fingerprint density at radius 1 is 1.32 bits per heavy atom. The lowest BCUT2D eigenvalue weighted by Crippen LogP contribution is -2.47. The van der Waals surface area contributed by atoms with E-state index in [9.17, 15) is 4.79 Å². The van der Waals surface area contributed by atoms with Gasteiger partial charge in [-0.2, -0.15) is 0 Å². The molecule has 1 aliphatic carbocycles. The third-order valence-electron chi connectivity index (χ3n) is 3.56. The molecule has 0 heterocycles. The Kier molecular flexibility index (Phi) is 5.25. The summed E-state index contributed by atoms with van der Waals surface area (Å²) in [7, 11) is 0. The van der Waals surface area contributed by atoms with E-state index in [0.29, 0.717) is 10.6 Å². The van der Waals surface area contributed by atoms with E-state index < -0.39 is 0 Å². The molecule has 0 saturated heterocycles. The third-order valence-corrected chi connectivity index (χ3v) is 4.49. The summed E-state index contributed by atoms with van der Waals surface area (Å²) >= 11 is 9.31. The number of rotatable bonds is 2. The van der Waals surface area contributed by atoms with Crippen LogP contribution >= 0.6 is 27.5 Å². The van der Waals surface area contributed by atoms with Crippen molar-refractivity contribution in [3.63, 3.8) is 0 Å². The fourth-order valence-corrected chi connectivity index (χ4v) is 3.03. The first-order valence-electron chi connectivity index (χ1n) is 6.59. The van der Waals surface area contributed by atoms with Crippen LogP contribution in [0.25, 0.3) is 0 Å². The van der Waals surface area contributed by atoms with Gasteiger partial charge in [0.15, 0.2) is 0 Å². The maximum Gasteiger partial charge on any atom is 0.252 e. The summed E-state index contributed by atoms with van der Waals surface area (Å²) in [6, 6.07) is 5.30. The average Bonchev–Trinajstić information content (AvgIpc) is 2.58. The summed E-state index contributed by atoms with van der Waals surface area (Å²) in [4.78, 5) is 12.3. The van der Waals surface area contributed by atoms with Gasteiger partial charge in [0.2, 0.25) is 0 Å². The van der Waals surface area contributed by atoms with Crippen LogP contribution in [-0.4, -0.2) is 18.0 Å². The summed E-state index contributed by atoms with van der Waals surface area (Å²) in [5.74, 6) is -0.114. The summed E-state index contributed by atoms with van der Waals surface area (Å²) in [5.41, 5.74) is 6.68. The minimum absolute atomic E-state index is 0.0457. The van der Waals surface area contributed by atoms with Crippen LogP contribution in [0.15, 0.2) is 22.7 Å². The summed E-state index contributed by atoms with van der Waals surface area (Å²) in [6.07, 6.45) is 5.39. The highest BCUT2D eigenvalue weighted by atomic mass is 79.9. The molecule has 19 heavy (non-hydrogen) atoms. The molecule has 1 saturated carbocycles. The van der Waals surface area contributed by atoms with E-state index in [0.717, 1.165) is 30.2 Å². The largest absolute Gasteiger partial charge is 0.348 e. The molecular weight excluding hydrogens is 328 g/mol. The SMILES string of the molecule is NC1CCCCCC1NC(=O)c1cc(Cl)ccc1Br. The van der Waals surface area contributed by atoms with Gasteiger partial charge in [-0.25, -0.2) is 0 Å². The van der Waals surface area contributed by atoms with Crippen LogP contribution in [0.5, 0.6) is 0 Å². The van der Waals surface area contributed by atoms with Crippen molar-refractivity contribution in [3.8, 4) is 0 Å². The van der Waals surface area contributed by atoms with E-state index in [1.54, 1.807) is 18.2 Å². The molecule has 1 aliphatic rings. The fourth-order valence-electron chi connectivity index (χ4n) is 2.43. The number of halogens is 2. The molecular formula is C14H18BrClN2O. The van der Waals surface area contributed by atoms with Crippen LogP contribution in [0, 0.1) is 0 Å². The molecule has 2 rings (SSSR count). The van der Waals surface area contributed by atoms with Crippen molar-refractivity contribution in [2.45, 2.75) is 44.2 Å². The average molecular weight is 346 g/mol. The van der Waals surface area contributed by atoms with Crippen molar-refractivity contribution in [2.24, 2.45) is 5.73 Å². The quantitative estimate of drug-likeness (QED) is 0.806. The lowest BCUT2D eigenvalue weighted by molar-refractivity contribution is 0.0928. The van der Waals surface area contributed by atoms with Crippen molar-refractivity contribution in [1.29, 1.82) is 0 Å². The highest BCUT2D eigenvalue weighted by molar-refractivity contribution is 9.10. The van der Waals surface area contributed by atoms with Gasteiger partial charge in [-0.15, -0.1) is 0 Å². The first-order chi connectivity index (χ1) is 9.08. The Morgan fingerprint density at radius 3 is 2.84 bits per heavy atom. The second-order valence-electron chi connectivity index (χ2n) is 5.01. The molecule has 104 valence electrons. The molecule has 0 aliphatic heterocycles. The fraction of sp³-hybridized carbons (Fsp3) is 0.500. The number of carbonyl (C=O) groups is 1. The summed E-state index contributed by atoms with van der Waals surface area (Å²) in [6.45, 7) is 0. The van der Waals surface area contributed by atoms with E-state index in [4.69, 9.17) is 17.3 Å². The highest BCUT2D eigenvalue weighted by Crippen LogP contribution is 2.22. The van der Waals surface area contributed by atoms with Gasteiger partial charge in [0, 0.05) is 21.6 Å². The van der Waals surface area contributed by atoms with Crippen molar-refractivity contribution in [3.05, 3.63) is 33.3 Å². The lowest BCUT2D eigenvalue weighted by atomic mass is 10.0. The second kappa shape index (κ2) is 6.73. The predicted octanol–water partition coefficient (Wildman–Crippen LogP) is 3.49. The van der Waals surface area contributed by atoms with E-state index in [-0.39, 0.29) is 18.0 Å². The van der Waals surface area contributed by atoms with Gasteiger partial charge < -0.3 is 11.1 Å². The number of carbonyl (C=O) groups excluding carboxylic acids is 1. The van der Waals surface area contributed by atoms with Crippen LogP contribution in [0.4, 0.5) is 0 Å². The van der Waals surface area contributed by atoms with Gasteiger partial charge >= 0.3 is 0 Å². The number of nitrogens with one attached hydrogen (secondary N) is 1. The van der Waals surface area contributed by atoms with Gasteiger partial charge in [0.05, 0.1) is 5.56 Å². The zero-order chi connectivity index (χ0) is 13.8. The minimum atomic E-state index is -0.114. The molecule has 2 atom stereocenters. The molecule has 3 N–H and O–H groups in total. The summed E-state index contributed by atoms with van der Waals surface area (Å²) < 4.78 is 0.747. The van der Waals surface area contributed by atoms with Crippen LogP contribution in [0.3, 0.4) is 0 Å². The van der Waals surface area contributed by atoms with E-state index in [1.807, 2.05) is 0 Å². The van der Waals surface area contributed by atoms with Crippen molar-refractivity contribution in [1.82, 2.24) is 5.32 Å². The lowest BCUT2D eigenvalue weighted by Gasteiger charge is -2.23. The number of amides is 1. The molecule has 0 bridgehead atoms. The van der Waals surface area contributed by atoms with Crippen molar-refractivity contribution < 1.29 is 4.79 Å². The van der Waals surface area contributed by atoms with Gasteiger partial charge in [0.1, 0.15) is 0 Å². The minimum Gasteiger partial charge on any atom is -0.348 e. The van der Waals surface area contributed by atoms with Crippen molar-refractivity contribution >= 4 is 33.4 Å². The highest BCUT2D eigenvalue weighted by Gasteiger charge is 2.23. The number of hydrogen-bond donors (Lipinski definition) is 2. The van der Waals surface area contributed by atoms with Gasteiger partial charge in [-0.1, -0.05) is 30.9 Å². The first kappa shape index (κ1) is 14.8. The van der Waals surface area contributed by atoms with E-state index in [1.165, 1.54) is 6.42 Å². The van der Waals surface area contributed by atoms with Crippen LogP contribution < -0.4 is 11.1 Å². The van der Waals surface area contributed by atoms with E-state index in [2.05, 4.69) is 21.2 Å². The molecule has 1 aromatic rings. The Bertz CT molecular complexity index is 467. The van der Waals surface area contributed by atoms with Gasteiger partial charge in [-0.05, 0) is 47.0 Å². The molecule has 1 aromatic carbocycles. The van der Waals surface area contributed by atoms with Crippen LogP contribution in [0.2, 0.25) is 5.02 Å². The first-order valence-corrected chi connectivity index (χ1v) is 7.76. The molecule has 1 fully saturated rings. The van der Waals surface area contributed by atoms with Crippen molar-refractivity contribution in [2.75, 3.05) is 0 Å². The maximum atomic E-state index is 12.3. The normalized spacial score (nSPS) is 23.7. The molecule has 0 spiro atoms. The van der Waals surface area contributed by atoms with E-state index >= 15 is 0 Å². The molecule has 2 unspecified atom stereocenters. The monoisotopic (exact) mass is 344 g/mol. The maximum absolute atomic E-state index is 12.3. The third kappa shape index (κ3) is 3.94. The summed E-state index contributed by atoms with van der Waals surface area (Å²) in [5, 5.41) is 3.59. The smallest absolute Gasteiger partial charge is 0.252 e. The molecule has 0 radical (unpaired) electrons. The zero-order valence-corrected chi connectivity index (χ0v) is 13.0. The number of nitrogens with two attached hydrogens (primary N) is 1. The second-order valence-corrected chi connectivity index (χ2v) is 6.30. The zero-order valence-electron chi connectivity index (χ0n) is 10.7. The van der Waals surface area contributed by atoms with Crippen LogP contribution in [-0.2, 0) is 0 Å². The Labute approximate surface area is 127 Å². The Balaban J connectivity index is 2.09. The topological polar surface area (TPSA) is 55.1 Å². The Hall–Kier alpha value is -0.580. The number of hydrogen-bond acceptors (Lipinski definition) is 2. The predicted molar refractivity (Wildman–Crippen MR) is 81.5 cm³/mol. The molecule has 3 nitrogen and oxygen atoms in total. The Morgan fingerprint density at radius 2 is 2.05 bits per heavy atom. The molecule has 5 heteroatoms. The van der Waals surface area contributed by atoms with Crippen LogP contribution in [0.1, 0.15) is 42.5 Å². The molecule has 1 amide bonds. The molecule has 0 aromatic heterocycles. The van der Waals surface area contributed by atoms with Gasteiger partial charge in [-0.3, -0.25) is 4.79 Å². The number of benzene rings is 1. The standard InChI is InChI=1S/C14H18BrClN2O/c15-11-7-6-9(16)8-10(11)14(19)18-13-5-3-1-2-4-12(13)17/h6-8,12-13H,1-5,17H2,(H,18,19). The van der Waals surface area contributed by atoms with Gasteiger partial charge in [0.25, 0.3) is 5.91 Å².